The highest BCUT2D eigenvalue weighted by molar-refractivity contribution is 5.81. The average Bonchev–Trinajstić information content (AvgIpc) is 2.93. The normalized spacial score (nSPS) is 33.9. The van der Waals surface area contributed by atoms with Crippen LogP contribution in [0.5, 0.6) is 0 Å². The molecule has 14 heavy (non-hydrogen) atoms. The van der Waals surface area contributed by atoms with Crippen molar-refractivity contribution in [1.82, 2.24) is 9.78 Å². The molecule has 1 aromatic rings. The zero-order valence-corrected chi connectivity index (χ0v) is 7.84. The first kappa shape index (κ1) is 7.97. The van der Waals surface area contributed by atoms with Gasteiger partial charge < -0.3 is 0 Å². The first-order valence-electron chi connectivity index (χ1n) is 5.07. The minimum absolute atomic E-state index is 0.159. The molecule has 0 saturated heterocycles. The molecular formula is C11H12N2O. The van der Waals surface area contributed by atoms with Gasteiger partial charge in [-0.15, -0.1) is 0 Å². The van der Waals surface area contributed by atoms with Crippen LogP contribution in [0.3, 0.4) is 0 Å². The largest absolute Gasteiger partial charge is 0.272 e. The number of aromatic nitrogens is 2. The molecule has 1 aromatic heterocycles. The molecule has 0 aromatic carbocycles. The fraction of sp³-hybridized carbons (Fsp3) is 0.455. The van der Waals surface area contributed by atoms with Crippen LogP contribution in [0.1, 0.15) is 17.6 Å². The molecule has 1 fully saturated rings. The van der Waals surface area contributed by atoms with Crippen molar-refractivity contribution in [3.05, 3.63) is 30.6 Å². The van der Waals surface area contributed by atoms with E-state index in [9.17, 15) is 4.79 Å². The first-order chi connectivity index (χ1) is 6.84. The van der Waals surface area contributed by atoms with Gasteiger partial charge in [0.2, 0.25) is 0 Å². The van der Waals surface area contributed by atoms with Crippen molar-refractivity contribution in [2.45, 2.75) is 12.8 Å². The highest BCUT2D eigenvalue weighted by atomic mass is 16.2. The SMILES string of the molecule is O=C([C@H]1C[C@H]2C=C[C@@H]1C2)n1cccn1. The number of hydrogen-bond acceptors (Lipinski definition) is 2. The summed E-state index contributed by atoms with van der Waals surface area (Å²) >= 11 is 0. The molecule has 1 heterocycles. The van der Waals surface area contributed by atoms with E-state index < -0.39 is 0 Å². The molecule has 0 amide bonds. The molecule has 2 aliphatic carbocycles. The van der Waals surface area contributed by atoms with Gasteiger partial charge >= 0.3 is 0 Å². The van der Waals surface area contributed by atoms with Crippen LogP contribution in [0.15, 0.2) is 30.6 Å². The van der Waals surface area contributed by atoms with Crippen LogP contribution in [0.25, 0.3) is 0 Å². The molecule has 0 spiro atoms. The monoisotopic (exact) mass is 188 g/mol. The summed E-state index contributed by atoms with van der Waals surface area (Å²) in [5, 5.41) is 3.99. The number of fused-ring (bicyclic) bond motifs is 2. The Hall–Kier alpha value is -1.38. The van der Waals surface area contributed by atoms with Gasteiger partial charge in [0.25, 0.3) is 5.91 Å². The van der Waals surface area contributed by atoms with Crippen LogP contribution in [0, 0.1) is 17.8 Å². The van der Waals surface area contributed by atoms with Crippen LogP contribution in [-0.4, -0.2) is 15.7 Å². The van der Waals surface area contributed by atoms with Crippen LogP contribution in [-0.2, 0) is 0 Å². The standard InChI is InChI=1S/C11H12N2O/c14-11(13-5-1-4-12-13)10-7-8-2-3-9(10)6-8/h1-5,8-10H,6-7H2/t8-,9+,10-/m0/s1. The molecular weight excluding hydrogens is 176 g/mol. The van der Waals surface area contributed by atoms with E-state index in [0.29, 0.717) is 11.8 Å². The number of carbonyl (C=O) groups excluding carboxylic acids is 1. The van der Waals surface area contributed by atoms with E-state index in [4.69, 9.17) is 0 Å². The third-order valence-corrected chi connectivity index (χ3v) is 3.33. The Balaban J connectivity index is 1.84. The molecule has 0 N–H and O–H groups in total. The lowest BCUT2D eigenvalue weighted by molar-refractivity contribution is 0.0797. The van der Waals surface area contributed by atoms with Crippen molar-refractivity contribution in [1.29, 1.82) is 0 Å². The van der Waals surface area contributed by atoms with Gasteiger partial charge in [0.15, 0.2) is 0 Å². The molecule has 3 nitrogen and oxygen atoms in total. The topological polar surface area (TPSA) is 34.9 Å². The summed E-state index contributed by atoms with van der Waals surface area (Å²) in [6.45, 7) is 0. The summed E-state index contributed by atoms with van der Waals surface area (Å²) in [4.78, 5) is 12.0. The molecule has 1 saturated carbocycles. The minimum atomic E-state index is 0.159. The molecule has 0 unspecified atom stereocenters. The van der Waals surface area contributed by atoms with Gasteiger partial charge in [0.05, 0.1) is 0 Å². The van der Waals surface area contributed by atoms with Gasteiger partial charge in [-0.2, -0.15) is 5.10 Å². The average molecular weight is 188 g/mol. The fourth-order valence-corrected chi connectivity index (χ4v) is 2.63. The minimum Gasteiger partial charge on any atom is -0.272 e. The number of rotatable bonds is 1. The third-order valence-electron chi connectivity index (χ3n) is 3.33. The Morgan fingerprint density at radius 1 is 1.36 bits per heavy atom. The summed E-state index contributed by atoms with van der Waals surface area (Å²) in [5.41, 5.74) is 0. The van der Waals surface area contributed by atoms with Crippen molar-refractivity contribution < 1.29 is 4.79 Å². The smallest absolute Gasteiger partial charge is 0.250 e. The quantitative estimate of drug-likeness (QED) is 0.629. The van der Waals surface area contributed by atoms with Crippen molar-refractivity contribution >= 4 is 5.91 Å². The molecule has 0 radical (unpaired) electrons. The summed E-state index contributed by atoms with van der Waals surface area (Å²) in [7, 11) is 0. The van der Waals surface area contributed by atoms with E-state index in [1.807, 2.05) is 0 Å². The zero-order chi connectivity index (χ0) is 9.54. The van der Waals surface area contributed by atoms with Crippen LogP contribution in [0.2, 0.25) is 0 Å². The number of hydrogen-bond donors (Lipinski definition) is 0. The van der Waals surface area contributed by atoms with E-state index in [1.54, 1.807) is 18.5 Å². The van der Waals surface area contributed by atoms with E-state index >= 15 is 0 Å². The van der Waals surface area contributed by atoms with Gasteiger partial charge in [-0.3, -0.25) is 4.79 Å². The summed E-state index contributed by atoms with van der Waals surface area (Å²) in [6.07, 6.45) is 10.0. The van der Waals surface area contributed by atoms with Gasteiger partial charge in [-0.05, 0) is 30.7 Å². The van der Waals surface area contributed by atoms with Crippen molar-refractivity contribution in [3.8, 4) is 0 Å². The Kier molecular flexibility index (Phi) is 1.60. The van der Waals surface area contributed by atoms with Gasteiger partial charge in [-0.1, -0.05) is 12.2 Å². The van der Waals surface area contributed by atoms with Crippen LogP contribution in [0.4, 0.5) is 0 Å². The van der Waals surface area contributed by atoms with E-state index in [2.05, 4.69) is 17.3 Å². The lowest BCUT2D eigenvalue weighted by Crippen LogP contribution is -2.25. The molecule has 72 valence electrons. The lowest BCUT2D eigenvalue weighted by Gasteiger charge is -2.15. The Labute approximate surface area is 82.4 Å². The lowest BCUT2D eigenvalue weighted by atomic mass is 9.93. The van der Waals surface area contributed by atoms with E-state index in [1.165, 1.54) is 4.68 Å². The van der Waals surface area contributed by atoms with E-state index in [-0.39, 0.29) is 11.8 Å². The summed E-state index contributed by atoms with van der Waals surface area (Å²) in [6, 6.07) is 1.79. The second-order valence-corrected chi connectivity index (χ2v) is 4.18. The highest BCUT2D eigenvalue weighted by Gasteiger charge is 2.40. The molecule has 2 bridgehead atoms. The van der Waals surface area contributed by atoms with E-state index in [0.717, 1.165) is 12.8 Å². The van der Waals surface area contributed by atoms with Crippen molar-refractivity contribution in [2.24, 2.45) is 17.8 Å². The Morgan fingerprint density at radius 2 is 2.29 bits per heavy atom. The predicted molar refractivity (Wildman–Crippen MR) is 51.7 cm³/mol. The van der Waals surface area contributed by atoms with Crippen molar-refractivity contribution in [3.63, 3.8) is 0 Å². The van der Waals surface area contributed by atoms with Gasteiger partial charge in [-0.25, -0.2) is 4.68 Å². The molecule has 0 aliphatic heterocycles. The Bertz CT molecular complexity index is 380. The molecule has 3 atom stereocenters. The van der Waals surface area contributed by atoms with Gasteiger partial charge in [0.1, 0.15) is 0 Å². The third kappa shape index (κ3) is 1.05. The first-order valence-corrected chi connectivity index (χ1v) is 5.07. The maximum absolute atomic E-state index is 12.0. The van der Waals surface area contributed by atoms with Gasteiger partial charge in [0, 0.05) is 18.3 Å². The van der Waals surface area contributed by atoms with Crippen LogP contribution < -0.4 is 0 Å². The second kappa shape index (κ2) is 2.80. The number of nitrogens with zero attached hydrogens (tertiary/aromatic N) is 2. The highest BCUT2D eigenvalue weighted by Crippen LogP contribution is 2.43. The maximum Gasteiger partial charge on any atom is 0.250 e. The maximum atomic E-state index is 12.0. The summed E-state index contributed by atoms with van der Waals surface area (Å²) < 4.78 is 1.47. The predicted octanol–water partition coefficient (Wildman–Crippen LogP) is 1.74. The molecule has 3 heteroatoms. The summed E-state index contributed by atoms with van der Waals surface area (Å²) in [5.74, 6) is 1.44. The zero-order valence-electron chi connectivity index (χ0n) is 7.84. The number of carbonyl (C=O) groups is 1. The second-order valence-electron chi connectivity index (χ2n) is 4.18. The number of allylic oxidation sites excluding steroid dienone is 2. The molecule has 3 rings (SSSR count). The molecule has 2 aliphatic rings. The van der Waals surface area contributed by atoms with Crippen LogP contribution >= 0.6 is 0 Å². The fourth-order valence-electron chi connectivity index (χ4n) is 2.63. The Morgan fingerprint density at radius 3 is 2.86 bits per heavy atom. The van der Waals surface area contributed by atoms with Crippen molar-refractivity contribution in [2.75, 3.05) is 0 Å².